The molecule has 74 valence electrons. The molecule has 0 unspecified atom stereocenters. The molecule has 0 heterocycles. The number of esters is 1. The molecule has 0 aromatic heterocycles. The molecule has 0 amide bonds. The van der Waals surface area contributed by atoms with Gasteiger partial charge in [-0.1, -0.05) is 0 Å². The van der Waals surface area contributed by atoms with Crippen LogP contribution >= 0.6 is 0 Å². The van der Waals surface area contributed by atoms with Gasteiger partial charge in [-0.15, -0.1) is 0 Å². The van der Waals surface area contributed by atoms with Crippen molar-refractivity contribution >= 4 is 12.3 Å². The van der Waals surface area contributed by atoms with Crippen LogP contribution < -0.4 is 4.74 Å². The molecule has 0 fully saturated rings. The maximum Gasteiger partial charge on any atom is 0.308 e. The van der Waals surface area contributed by atoms with Crippen LogP contribution in [-0.2, 0) is 4.79 Å². The predicted octanol–water partition coefficient (Wildman–Crippen LogP) is 2.04. The van der Waals surface area contributed by atoms with Gasteiger partial charge in [-0.25, -0.2) is 0 Å². The van der Waals surface area contributed by atoms with Crippen LogP contribution in [0.1, 0.15) is 28.4 Å². The lowest BCUT2D eigenvalue weighted by Crippen LogP contribution is -2.04. The third-order valence-corrected chi connectivity index (χ3v) is 1.86. The zero-order valence-corrected chi connectivity index (χ0v) is 8.46. The number of carbonyl (C=O) groups is 2. The number of benzene rings is 1. The van der Waals surface area contributed by atoms with E-state index in [-0.39, 0.29) is 5.97 Å². The lowest BCUT2D eigenvalue weighted by Gasteiger charge is -2.09. The van der Waals surface area contributed by atoms with Crippen molar-refractivity contribution in [1.29, 1.82) is 0 Å². The van der Waals surface area contributed by atoms with Crippen molar-refractivity contribution < 1.29 is 14.3 Å². The van der Waals surface area contributed by atoms with Gasteiger partial charge in [0.05, 0.1) is 0 Å². The zero-order valence-electron chi connectivity index (χ0n) is 8.46. The number of hydrogen-bond acceptors (Lipinski definition) is 3. The third kappa shape index (κ3) is 2.19. The standard InChI is InChI=1S/C11H12O3/c1-7-4-10(6-12)5-8(2)11(7)14-9(3)13/h4-6H,1-3H3. The molecular weight excluding hydrogens is 180 g/mol. The van der Waals surface area contributed by atoms with Gasteiger partial charge in [0.2, 0.25) is 0 Å². The molecule has 1 aromatic carbocycles. The van der Waals surface area contributed by atoms with Crippen LogP contribution in [0.3, 0.4) is 0 Å². The summed E-state index contributed by atoms with van der Waals surface area (Å²) in [4.78, 5) is 21.3. The molecule has 14 heavy (non-hydrogen) atoms. The summed E-state index contributed by atoms with van der Waals surface area (Å²) in [6, 6.07) is 3.39. The number of ether oxygens (including phenoxy) is 1. The predicted molar refractivity (Wildman–Crippen MR) is 52.6 cm³/mol. The lowest BCUT2D eigenvalue weighted by molar-refractivity contribution is -0.131. The molecule has 0 bridgehead atoms. The Labute approximate surface area is 82.7 Å². The number of aldehydes is 1. The fourth-order valence-electron chi connectivity index (χ4n) is 1.36. The zero-order chi connectivity index (χ0) is 10.7. The van der Waals surface area contributed by atoms with E-state index in [0.717, 1.165) is 17.4 Å². The highest BCUT2D eigenvalue weighted by atomic mass is 16.5. The Morgan fingerprint density at radius 3 is 2.14 bits per heavy atom. The Balaban J connectivity index is 3.17. The Bertz CT molecular complexity index is 357. The van der Waals surface area contributed by atoms with Gasteiger partial charge >= 0.3 is 5.97 Å². The fraction of sp³-hybridized carbons (Fsp3) is 0.273. The summed E-state index contributed by atoms with van der Waals surface area (Å²) in [5.74, 6) is 0.193. The monoisotopic (exact) mass is 192 g/mol. The largest absolute Gasteiger partial charge is 0.426 e. The van der Waals surface area contributed by atoms with Crippen LogP contribution in [0.25, 0.3) is 0 Å². The smallest absolute Gasteiger partial charge is 0.308 e. The molecule has 0 saturated carbocycles. The second-order valence-electron chi connectivity index (χ2n) is 3.20. The van der Waals surface area contributed by atoms with Gasteiger partial charge in [-0.2, -0.15) is 0 Å². The first kappa shape index (κ1) is 10.4. The molecule has 0 atom stereocenters. The third-order valence-electron chi connectivity index (χ3n) is 1.86. The highest BCUT2D eigenvalue weighted by Crippen LogP contribution is 2.24. The molecule has 0 radical (unpaired) electrons. The summed E-state index contributed by atoms with van der Waals surface area (Å²) in [6.45, 7) is 4.96. The molecule has 0 spiro atoms. The van der Waals surface area contributed by atoms with Crippen molar-refractivity contribution in [2.75, 3.05) is 0 Å². The van der Waals surface area contributed by atoms with E-state index in [4.69, 9.17) is 4.74 Å². The van der Waals surface area contributed by atoms with Gasteiger partial charge in [-0.3, -0.25) is 9.59 Å². The first-order chi connectivity index (χ1) is 6.54. The summed E-state index contributed by atoms with van der Waals surface area (Å²) in [6.07, 6.45) is 0.775. The highest BCUT2D eigenvalue weighted by molar-refractivity contribution is 5.77. The van der Waals surface area contributed by atoms with Crippen molar-refractivity contribution in [2.45, 2.75) is 20.8 Å². The second-order valence-corrected chi connectivity index (χ2v) is 3.20. The Morgan fingerprint density at radius 2 is 1.79 bits per heavy atom. The van der Waals surface area contributed by atoms with E-state index in [1.165, 1.54) is 6.92 Å². The summed E-state index contributed by atoms with van der Waals surface area (Å²) in [5, 5.41) is 0. The van der Waals surface area contributed by atoms with Crippen molar-refractivity contribution in [3.63, 3.8) is 0 Å². The molecule has 0 aliphatic carbocycles. The maximum atomic E-state index is 10.8. The lowest BCUT2D eigenvalue weighted by atomic mass is 10.1. The average molecular weight is 192 g/mol. The molecule has 0 N–H and O–H groups in total. The summed E-state index contributed by atoms with van der Waals surface area (Å²) in [5.41, 5.74) is 2.18. The van der Waals surface area contributed by atoms with E-state index in [0.29, 0.717) is 11.3 Å². The Kier molecular flexibility index (Phi) is 3.02. The summed E-state index contributed by atoms with van der Waals surface area (Å²) >= 11 is 0. The van der Waals surface area contributed by atoms with Crippen molar-refractivity contribution in [3.8, 4) is 5.75 Å². The number of rotatable bonds is 2. The summed E-state index contributed by atoms with van der Waals surface area (Å²) < 4.78 is 5.02. The molecule has 1 rings (SSSR count). The van der Waals surface area contributed by atoms with E-state index in [1.807, 2.05) is 0 Å². The summed E-state index contributed by atoms with van der Waals surface area (Å²) in [7, 11) is 0. The minimum absolute atomic E-state index is 0.352. The minimum Gasteiger partial charge on any atom is -0.426 e. The molecule has 3 heteroatoms. The van der Waals surface area contributed by atoms with Crippen LogP contribution in [0.15, 0.2) is 12.1 Å². The molecule has 1 aromatic rings. The highest BCUT2D eigenvalue weighted by Gasteiger charge is 2.07. The van der Waals surface area contributed by atoms with Crippen LogP contribution in [0, 0.1) is 13.8 Å². The van der Waals surface area contributed by atoms with Crippen LogP contribution in [0.4, 0.5) is 0 Å². The van der Waals surface area contributed by atoms with Gasteiger partial charge in [0, 0.05) is 12.5 Å². The average Bonchev–Trinajstić information content (AvgIpc) is 2.10. The van der Waals surface area contributed by atoms with E-state index in [1.54, 1.807) is 26.0 Å². The molecule has 0 aliphatic heterocycles. The van der Waals surface area contributed by atoms with Crippen molar-refractivity contribution in [3.05, 3.63) is 28.8 Å². The van der Waals surface area contributed by atoms with Crippen LogP contribution in [0.2, 0.25) is 0 Å². The fourth-order valence-corrected chi connectivity index (χ4v) is 1.36. The number of aryl methyl sites for hydroxylation is 2. The van der Waals surface area contributed by atoms with Crippen LogP contribution in [0.5, 0.6) is 5.75 Å². The normalized spacial score (nSPS) is 9.64. The second kappa shape index (κ2) is 4.05. The van der Waals surface area contributed by atoms with Gasteiger partial charge in [0.15, 0.2) is 0 Å². The molecular formula is C11H12O3. The Morgan fingerprint density at radius 1 is 1.29 bits per heavy atom. The van der Waals surface area contributed by atoms with Gasteiger partial charge in [0.1, 0.15) is 12.0 Å². The van der Waals surface area contributed by atoms with Crippen LogP contribution in [-0.4, -0.2) is 12.3 Å². The number of hydrogen-bond donors (Lipinski definition) is 0. The molecule has 0 saturated heterocycles. The first-order valence-corrected chi connectivity index (χ1v) is 4.29. The maximum absolute atomic E-state index is 10.8. The first-order valence-electron chi connectivity index (χ1n) is 4.29. The quantitative estimate of drug-likeness (QED) is 0.409. The van der Waals surface area contributed by atoms with Gasteiger partial charge in [0.25, 0.3) is 0 Å². The SMILES string of the molecule is CC(=O)Oc1c(C)cc(C=O)cc1C. The van der Waals surface area contributed by atoms with E-state index in [2.05, 4.69) is 0 Å². The minimum atomic E-state index is -0.352. The van der Waals surface area contributed by atoms with E-state index >= 15 is 0 Å². The Hall–Kier alpha value is -1.64. The van der Waals surface area contributed by atoms with Gasteiger partial charge in [-0.05, 0) is 37.1 Å². The van der Waals surface area contributed by atoms with E-state index < -0.39 is 0 Å². The van der Waals surface area contributed by atoms with Crippen molar-refractivity contribution in [2.24, 2.45) is 0 Å². The topological polar surface area (TPSA) is 43.4 Å². The van der Waals surface area contributed by atoms with Gasteiger partial charge < -0.3 is 4.74 Å². The number of carbonyl (C=O) groups excluding carboxylic acids is 2. The molecule has 3 nitrogen and oxygen atoms in total. The molecule has 0 aliphatic rings. The van der Waals surface area contributed by atoms with E-state index in [9.17, 15) is 9.59 Å². The van der Waals surface area contributed by atoms with Crippen molar-refractivity contribution in [1.82, 2.24) is 0 Å².